The van der Waals surface area contributed by atoms with Crippen molar-refractivity contribution in [2.75, 3.05) is 0 Å². The maximum Gasteiger partial charge on any atom is 0.295 e. The highest BCUT2D eigenvalue weighted by Gasteiger charge is 2.18. The van der Waals surface area contributed by atoms with Gasteiger partial charge in [-0.2, -0.15) is 8.42 Å². The van der Waals surface area contributed by atoms with E-state index in [9.17, 15) is 23.6 Å². The molecular weight excluding hydrogens is 262 g/mol. The molecule has 2 N–H and O–H groups in total. The van der Waals surface area contributed by atoms with Crippen molar-refractivity contribution >= 4 is 26.6 Å². The summed E-state index contributed by atoms with van der Waals surface area (Å²) in [6, 6.07) is 5.57. The van der Waals surface area contributed by atoms with Gasteiger partial charge in [-0.1, -0.05) is 0 Å². The van der Waals surface area contributed by atoms with Gasteiger partial charge in [0.15, 0.2) is 0 Å². The average molecular weight is 269 g/mol. The summed E-state index contributed by atoms with van der Waals surface area (Å²) in [6.07, 6.45) is 0. The predicted molar refractivity (Wildman–Crippen MR) is 62.1 cm³/mol. The number of phenols is 1. The fourth-order valence-corrected chi connectivity index (χ4v) is 2.35. The molecule has 2 aromatic carbocycles. The van der Waals surface area contributed by atoms with Gasteiger partial charge in [0, 0.05) is 23.6 Å². The van der Waals surface area contributed by atoms with E-state index in [1.165, 1.54) is 18.2 Å². The normalized spacial score (nSPS) is 11.6. The molecule has 0 unspecified atom stereocenters. The highest BCUT2D eigenvalue weighted by atomic mass is 32.2. The molecule has 0 amide bonds. The summed E-state index contributed by atoms with van der Waals surface area (Å²) >= 11 is 0. The zero-order valence-electron chi connectivity index (χ0n) is 8.77. The topological polar surface area (TPSA) is 118 Å². The van der Waals surface area contributed by atoms with Crippen LogP contribution in [0.25, 0.3) is 10.8 Å². The average Bonchev–Trinajstić information content (AvgIpc) is 2.25. The first kappa shape index (κ1) is 12.3. The molecule has 2 aromatic rings. The summed E-state index contributed by atoms with van der Waals surface area (Å²) in [5.41, 5.74) is -0.307. The van der Waals surface area contributed by atoms with E-state index in [1.807, 2.05) is 0 Å². The van der Waals surface area contributed by atoms with Crippen LogP contribution in [0, 0.1) is 10.1 Å². The Morgan fingerprint density at radius 2 is 1.83 bits per heavy atom. The Hall–Kier alpha value is -2.19. The minimum atomic E-state index is -4.58. The van der Waals surface area contributed by atoms with Crippen molar-refractivity contribution < 1.29 is 23.0 Å². The van der Waals surface area contributed by atoms with Gasteiger partial charge < -0.3 is 5.11 Å². The van der Waals surface area contributed by atoms with Crippen LogP contribution in [0.4, 0.5) is 5.69 Å². The van der Waals surface area contributed by atoms with Crippen LogP contribution in [0.15, 0.2) is 35.2 Å². The molecule has 0 heterocycles. The Kier molecular flexibility index (Phi) is 2.68. The van der Waals surface area contributed by atoms with Crippen LogP contribution in [0.5, 0.6) is 5.75 Å². The fourth-order valence-electron chi connectivity index (χ4n) is 1.62. The van der Waals surface area contributed by atoms with Crippen LogP contribution in [0.2, 0.25) is 0 Å². The lowest BCUT2D eigenvalue weighted by Crippen LogP contribution is -1.99. The van der Waals surface area contributed by atoms with Gasteiger partial charge in [-0.3, -0.25) is 14.7 Å². The Balaban J connectivity index is 2.91. The maximum absolute atomic E-state index is 11.2. The Bertz CT molecular complexity index is 752. The zero-order chi connectivity index (χ0) is 13.5. The second-order valence-corrected chi connectivity index (χ2v) is 4.97. The van der Waals surface area contributed by atoms with E-state index in [4.69, 9.17) is 4.55 Å². The van der Waals surface area contributed by atoms with E-state index in [0.717, 1.165) is 12.1 Å². The van der Waals surface area contributed by atoms with Crippen LogP contribution < -0.4 is 0 Å². The summed E-state index contributed by atoms with van der Waals surface area (Å²) in [5.74, 6) is -0.357. The minimum absolute atomic E-state index is 0.0236. The summed E-state index contributed by atoms with van der Waals surface area (Å²) in [6.45, 7) is 0. The molecule has 0 aromatic heterocycles. The third-order valence-corrected chi connectivity index (χ3v) is 3.27. The van der Waals surface area contributed by atoms with Crippen molar-refractivity contribution in [2.24, 2.45) is 0 Å². The van der Waals surface area contributed by atoms with Gasteiger partial charge in [0.1, 0.15) is 10.6 Å². The molecule has 8 heteroatoms. The van der Waals surface area contributed by atoms with Gasteiger partial charge in [-0.25, -0.2) is 0 Å². The SMILES string of the molecule is O=[N+]([O-])c1ccc2cc(O)cc(S(=O)(=O)O)c2c1. The Labute approximate surface area is 101 Å². The summed E-state index contributed by atoms with van der Waals surface area (Å²) in [7, 11) is -4.58. The first-order valence-electron chi connectivity index (χ1n) is 4.68. The molecule has 0 bridgehead atoms. The molecule has 0 aliphatic heterocycles. The number of non-ortho nitro benzene ring substituents is 1. The molecule has 2 rings (SSSR count). The van der Waals surface area contributed by atoms with Gasteiger partial charge in [-0.05, 0) is 17.5 Å². The van der Waals surface area contributed by atoms with E-state index in [1.54, 1.807) is 0 Å². The van der Waals surface area contributed by atoms with Crippen LogP contribution >= 0.6 is 0 Å². The highest BCUT2D eigenvalue weighted by molar-refractivity contribution is 7.86. The number of benzene rings is 2. The van der Waals surface area contributed by atoms with Gasteiger partial charge in [-0.15, -0.1) is 0 Å². The first-order valence-corrected chi connectivity index (χ1v) is 6.12. The van der Waals surface area contributed by atoms with Gasteiger partial charge >= 0.3 is 0 Å². The number of aromatic hydroxyl groups is 1. The number of nitro benzene ring substituents is 1. The number of hydrogen-bond donors (Lipinski definition) is 2. The van der Waals surface area contributed by atoms with E-state index in [0.29, 0.717) is 0 Å². The second kappa shape index (κ2) is 3.93. The lowest BCUT2D eigenvalue weighted by atomic mass is 10.1. The molecule has 0 aliphatic carbocycles. The number of rotatable bonds is 2. The summed E-state index contributed by atoms with van der Waals surface area (Å²) < 4.78 is 31.3. The third-order valence-electron chi connectivity index (χ3n) is 2.37. The number of phenolic OH excluding ortho intramolecular Hbond substituents is 1. The first-order chi connectivity index (χ1) is 8.29. The lowest BCUT2D eigenvalue weighted by molar-refractivity contribution is -0.384. The predicted octanol–water partition coefficient (Wildman–Crippen LogP) is 1.70. The summed E-state index contributed by atoms with van der Waals surface area (Å²) in [5, 5.41) is 20.2. The molecule has 94 valence electrons. The van der Waals surface area contributed by atoms with Gasteiger partial charge in [0.2, 0.25) is 0 Å². The number of nitrogens with zero attached hydrogens (tertiary/aromatic N) is 1. The Morgan fingerprint density at radius 3 is 2.39 bits per heavy atom. The molecule has 7 nitrogen and oxygen atoms in total. The van der Waals surface area contributed by atoms with E-state index >= 15 is 0 Å². The maximum atomic E-state index is 11.2. The molecule has 0 atom stereocenters. The molecule has 0 spiro atoms. The quantitative estimate of drug-likeness (QED) is 0.486. The van der Waals surface area contributed by atoms with Crippen molar-refractivity contribution in [1.29, 1.82) is 0 Å². The van der Waals surface area contributed by atoms with E-state index < -0.39 is 19.9 Å². The van der Waals surface area contributed by atoms with Crippen molar-refractivity contribution in [3.63, 3.8) is 0 Å². The van der Waals surface area contributed by atoms with Crippen molar-refractivity contribution in [1.82, 2.24) is 0 Å². The van der Waals surface area contributed by atoms with Crippen LogP contribution in [-0.2, 0) is 10.1 Å². The molecule has 18 heavy (non-hydrogen) atoms. The molecule has 0 saturated heterocycles. The number of fused-ring (bicyclic) bond motifs is 1. The molecule has 0 radical (unpaired) electrons. The molecule has 0 aliphatic rings. The van der Waals surface area contributed by atoms with Crippen molar-refractivity contribution in [2.45, 2.75) is 4.90 Å². The number of nitro groups is 1. The van der Waals surface area contributed by atoms with Crippen LogP contribution in [-0.4, -0.2) is 23.0 Å². The molecular formula is C10H7NO6S. The lowest BCUT2D eigenvalue weighted by Gasteiger charge is -2.05. The van der Waals surface area contributed by atoms with E-state index in [2.05, 4.69) is 0 Å². The standard InChI is InChI=1S/C10H7NO6S/c12-8-3-6-1-2-7(11(13)14)4-9(6)10(5-8)18(15,16)17/h1-5,12H,(H,15,16,17). The van der Waals surface area contributed by atoms with Gasteiger partial charge in [0.25, 0.3) is 15.8 Å². The van der Waals surface area contributed by atoms with Gasteiger partial charge in [0.05, 0.1) is 4.92 Å². The third kappa shape index (κ3) is 2.11. The summed E-state index contributed by atoms with van der Waals surface area (Å²) in [4.78, 5) is 9.37. The monoisotopic (exact) mass is 269 g/mol. The highest BCUT2D eigenvalue weighted by Crippen LogP contribution is 2.30. The minimum Gasteiger partial charge on any atom is -0.508 e. The molecule has 0 saturated carbocycles. The fraction of sp³-hybridized carbons (Fsp3) is 0. The zero-order valence-corrected chi connectivity index (χ0v) is 9.59. The second-order valence-electron chi connectivity index (χ2n) is 3.58. The van der Waals surface area contributed by atoms with Crippen molar-refractivity contribution in [3.8, 4) is 5.75 Å². The Morgan fingerprint density at radius 1 is 1.17 bits per heavy atom. The van der Waals surface area contributed by atoms with Crippen molar-refractivity contribution in [3.05, 3.63) is 40.4 Å². The number of hydrogen-bond acceptors (Lipinski definition) is 5. The van der Waals surface area contributed by atoms with Crippen LogP contribution in [0.3, 0.4) is 0 Å². The molecule has 0 fully saturated rings. The van der Waals surface area contributed by atoms with Crippen LogP contribution in [0.1, 0.15) is 0 Å². The van der Waals surface area contributed by atoms with E-state index in [-0.39, 0.29) is 22.2 Å². The smallest absolute Gasteiger partial charge is 0.295 e. The largest absolute Gasteiger partial charge is 0.508 e.